The number of fused-ring (bicyclic) bond motifs is 2. The molecule has 5 rings (SSSR count). The summed E-state index contributed by atoms with van der Waals surface area (Å²) >= 11 is 0. The van der Waals surface area contributed by atoms with Crippen LogP contribution in [-0.4, -0.2) is 58.9 Å². The molecule has 220 valence electrons. The summed E-state index contributed by atoms with van der Waals surface area (Å²) in [5.74, 6) is -1.10. The molecule has 41 heavy (non-hydrogen) atoms. The van der Waals surface area contributed by atoms with Crippen LogP contribution in [0.5, 0.6) is 0 Å². The van der Waals surface area contributed by atoms with Gasteiger partial charge in [-0.1, -0.05) is 75.7 Å². The lowest BCUT2D eigenvalue weighted by molar-refractivity contribution is -0.142. The van der Waals surface area contributed by atoms with Crippen molar-refractivity contribution >= 4 is 23.7 Å². The van der Waals surface area contributed by atoms with Crippen LogP contribution in [0.25, 0.3) is 0 Å². The number of esters is 1. The van der Waals surface area contributed by atoms with Crippen LogP contribution in [-0.2, 0) is 19.9 Å². The fraction of sp³-hybridized carbons (Fsp3) is 0.581. The van der Waals surface area contributed by atoms with Gasteiger partial charge in [-0.2, -0.15) is 0 Å². The molecule has 2 aromatic rings. The van der Waals surface area contributed by atoms with E-state index in [1.807, 2.05) is 32.0 Å². The standard InChI is InChI=1S/C31H40N4O6/c1-3-20(2)26(29(38)35-17-14-31(15-18-35)23-12-8-7-11-22(23)30(39)40-31)34-27(36)24(19-21-9-5-4-6-10-21)33-28(37)25-13-16-32-41-25/h7-8,11-13,16,20-21,24,26H,3-6,9-10,14-15,17-19H2,1-2H3,(H,33,37)(H,34,36)/t20-,24-,26-/m0/s1. The van der Waals surface area contributed by atoms with Gasteiger partial charge in [0.25, 0.3) is 5.91 Å². The van der Waals surface area contributed by atoms with Gasteiger partial charge in [-0.05, 0) is 24.3 Å². The number of carbonyl (C=O) groups is 4. The zero-order chi connectivity index (χ0) is 29.0. The molecule has 1 aromatic heterocycles. The molecule has 3 heterocycles. The normalized spacial score (nSPS) is 20.5. The maximum Gasteiger partial charge on any atom is 0.339 e. The molecule has 0 bridgehead atoms. The third kappa shape index (κ3) is 6.16. The third-order valence-electron chi connectivity index (χ3n) is 9.16. The zero-order valence-electron chi connectivity index (χ0n) is 23.9. The molecule has 1 aromatic carbocycles. The number of hydrogen-bond donors (Lipinski definition) is 2. The number of rotatable bonds is 9. The van der Waals surface area contributed by atoms with Gasteiger partial charge in [-0.3, -0.25) is 14.4 Å². The number of piperidine rings is 1. The smallest absolute Gasteiger partial charge is 0.339 e. The van der Waals surface area contributed by atoms with Gasteiger partial charge in [-0.25, -0.2) is 4.79 Å². The number of carbonyl (C=O) groups excluding carboxylic acids is 4. The van der Waals surface area contributed by atoms with Gasteiger partial charge < -0.3 is 24.8 Å². The molecule has 0 unspecified atom stereocenters. The number of aromatic nitrogens is 1. The second-order valence-corrected chi connectivity index (χ2v) is 11.8. The molecular formula is C31H40N4O6. The van der Waals surface area contributed by atoms with Crippen LogP contribution in [0.1, 0.15) is 98.1 Å². The zero-order valence-corrected chi connectivity index (χ0v) is 23.9. The van der Waals surface area contributed by atoms with Gasteiger partial charge in [0.1, 0.15) is 17.7 Å². The Hall–Kier alpha value is -3.69. The number of nitrogens with zero attached hydrogens (tertiary/aromatic N) is 2. The van der Waals surface area contributed by atoms with Crippen molar-refractivity contribution in [1.29, 1.82) is 0 Å². The van der Waals surface area contributed by atoms with E-state index in [0.29, 0.717) is 50.3 Å². The molecule has 1 saturated heterocycles. The molecule has 2 fully saturated rings. The summed E-state index contributed by atoms with van der Waals surface area (Å²) in [4.78, 5) is 54.6. The summed E-state index contributed by atoms with van der Waals surface area (Å²) in [6.07, 6.45) is 9.01. The largest absolute Gasteiger partial charge is 0.450 e. The lowest BCUT2D eigenvalue weighted by Crippen LogP contribution is -2.58. The number of hydrogen-bond acceptors (Lipinski definition) is 7. The fourth-order valence-corrected chi connectivity index (χ4v) is 6.49. The molecule has 2 N–H and O–H groups in total. The van der Waals surface area contributed by atoms with Crippen LogP contribution in [0.4, 0.5) is 0 Å². The van der Waals surface area contributed by atoms with Crippen molar-refractivity contribution in [3.05, 3.63) is 53.4 Å². The highest BCUT2D eigenvalue weighted by Crippen LogP contribution is 2.44. The molecular weight excluding hydrogens is 524 g/mol. The minimum Gasteiger partial charge on any atom is -0.450 e. The van der Waals surface area contributed by atoms with Gasteiger partial charge in [0, 0.05) is 37.6 Å². The predicted octanol–water partition coefficient (Wildman–Crippen LogP) is 3.96. The van der Waals surface area contributed by atoms with Crippen LogP contribution in [0.3, 0.4) is 0 Å². The van der Waals surface area contributed by atoms with Crippen LogP contribution < -0.4 is 10.6 Å². The van der Waals surface area contributed by atoms with Crippen LogP contribution in [0.15, 0.2) is 41.1 Å². The van der Waals surface area contributed by atoms with Gasteiger partial charge >= 0.3 is 5.97 Å². The summed E-state index contributed by atoms with van der Waals surface area (Å²) in [7, 11) is 0. The SMILES string of the molecule is CC[C@H](C)[C@H](NC(=O)[C@H](CC1CCCCC1)NC(=O)c1ccno1)C(=O)N1CCC2(CC1)OC(=O)c1ccccc12. The molecule has 1 saturated carbocycles. The van der Waals surface area contributed by atoms with Crippen molar-refractivity contribution in [2.75, 3.05) is 13.1 Å². The highest BCUT2D eigenvalue weighted by atomic mass is 16.6. The van der Waals surface area contributed by atoms with Gasteiger partial charge in [0.05, 0.1) is 11.8 Å². The number of ether oxygens (including phenoxy) is 1. The summed E-state index contributed by atoms with van der Waals surface area (Å²) in [5, 5.41) is 9.45. The Balaban J connectivity index is 1.28. The highest BCUT2D eigenvalue weighted by molar-refractivity contribution is 5.97. The van der Waals surface area contributed by atoms with Crippen molar-refractivity contribution < 1.29 is 28.4 Å². The van der Waals surface area contributed by atoms with E-state index < -0.39 is 23.6 Å². The summed E-state index contributed by atoms with van der Waals surface area (Å²) in [5.41, 5.74) is 0.765. The summed E-state index contributed by atoms with van der Waals surface area (Å²) < 4.78 is 10.9. The monoisotopic (exact) mass is 564 g/mol. The Kier molecular flexibility index (Phi) is 8.75. The fourth-order valence-electron chi connectivity index (χ4n) is 6.49. The molecule has 2 aliphatic heterocycles. The minimum absolute atomic E-state index is 0.0393. The number of nitrogens with one attached hydrogen (secondary N) is 2. The van der Waals surface area contributed by atoms with Gasteiger partial charge in [0.15, 0.2) is 0 Å². The average molecular weight is 565 g/mol. The number of benzene rings is 1. The van der Waals surface area contributed by atoms with Crippen molar-refractivity contribution in [1.82, 2.24) is 20.7 Å². The summed E-state index contributed by atoms with van der Waals surface area (Å²) in [6.45, 7) is 4.77. The van der Waals surface area contributed by atoms with E-state index >= 15 is 0 Å². The van der Waals surface area contributed by atoms with Crippen LogP contribution in [0, 0.1) is 11.8 Å². The lowest BCUT2D eigenvalue weighted by Gasteiger charge is -2.40. The van der Waals surface area contributed by atoms with E-state index in [4.69, 9.17) is 9.26 Å². The highest BCUT2D eigenvalue weighted by Gasteiger charge is 2.48. The first-order valence-corrected chi connectivity index (χ1v) is 14.9. The van der Waals surface area contributed by atoms with E-state index in [-0.39, 0.29) is 29.5 Å². The lowest BCUT2D eigenvalue weighted by atomic mass is 9.83. The maximum absolute atomic E-state index is 13.9. The maximum atomic E-state index is 13.9. The Labute approximate surface area is 240 Å². The van der Waals surface area contributed by atoms with E-state index in [2.05, 4.69) is 15.8 Å². The first-order valence-electron chi connectivity index (χ1n) is 14.9. The second-order valence-electron chi connectivity index (χ2n) is 11.8. The van der Waals surface area contributed by atoms with Crippen LogP contribution in [0.2, 0.25) is 0 Å². The molecule has 3 aliphatic rings. The Bertz CT molecular complexity index is 1250. The molecule has 3 atom stereocenters. The number of likely N-dealkylation sites (tertiary alicyclic amines) is 1. The first-order chi connectivity index (χ1) is 19.8. The topological polar surface area (TPSA) is 131 Å². The Morgan fingerprint density at radius 3 is 2.49 bits per heavy atom. The van der Waals surface area contributed by atoms with Crippen molar-refractivity contribution in [2.45, 2.75) is 89.3 Å². The second kappa shape index (κ2) is 12.4. The van der Waals surface area contributed by atoms with E-state index in [0.717, 1.165) is 31.2 Å². The molecule has 1 spiro atoms. The quantitative estimate of drug-likeness (QED) is 0.441. The van der Waals surface area contributed by atoms with Gasteiger partial charge in [0.2, 0.25) is 17.6 Å². The van der Waals surface area contributed by atoms with E-state index in [1.165, 1.54) is 18.7 Å². The van der Waals surface area contributed by atoms with E-state index in [1.54, 1.807) is 11.0 Å². The summed E-state index contributed by atoms with van der Waals surface area (Å²) in [6, 6.07) is 7.36. The molecule has 0 radical (unpaired) electrons. The average Bonchev–Trinajstić information content (AvgIpc) is 3.63. The van der Waals surface area contributed by atoms with Crippen molar-refractivity contribution in [3.63, 3.8) is 0 Å². The molecule has 1 aliphatic carbocycles. The first kappa shape index (κ1) is 28.8. The molecule has 10 heteroatoms. The van der Waals surface area contributed by atoms with E-state index in [9.17, 15) is 19.2 Å². The Morgan fingerprint density at radius 1 is 1.07 bits per heavy atom. The minimum atomic E-state index is -0.797. The third-order valence-corrected chi connectivity index (χ3v) is 9.16. The van der Waals surface area contributed by atoms with Gasteiger partial charge in [-0.15, -0.1) is 0 Å². The number of amides is 3. The van der Waals surface area contributed by atoms with Crippen molar-refractivity contribution in [2.24, 2.45) is 11.8 Å². The molecule has 10 nitrogen and oxygen atoms in total. The predicted molar refractivity (Wildman–Crippen MR) is 150 cm³/mol. The Morgan fingerprint density at radius 2 is 1.80 bits per heavy atom. The molecule has 3 amide bonds. The van der Waals surface area contributed by atoms with Crippen molar-refractivity contribution in [3.8, 4) is 0 Å². The van der Waals surface area contributed by atoms with Crippen LogP contribution >= 0.6 is 0 Å².